The van der Waals surface area contributed by atoms with Crippen LogP contribution in [0.2, 0.25) is 0 Å². The van der Waals surface area contributed by atoms with Crippen LogP contribution in [-0.4, -0.2) is 13.2 Å². The minimum atomic E-state index is 0.0424. The molecule has 0 saturated heterocycles. The third kappa shape index (κ3) is 2.83. The zero-order valence-corrected chi connectivity index (χ0v) is 13.5. The predicted octanol–water partition coefficient (Wildman–Crippen LogP) is 4.48. The molecule has 4 heteroatoms. The molecule has 24 heavy (non-hydrogen) atoms. The summed E-state index contributed by atoms with van der Waals surface area (Å²) in [6.07, 6.45) is 2.69. The zero-order chi connectivity index (χ0) is 16.4. The number of fused-ring (bicyclic) bond motifs is 1. The van der Waals surface area contributed by atoms with Crippen LogP contribution in [0.15, 0.2) is 71.3 Å². The number of rotatable bonds is 5. The average molecular weight is 320 g/mol. The van der Waals surface area contributed by atoms with Crippen LogP contribution < -0.4 is 15.4 Å². The van der Waals surface area contributed by atoms with E-state index in [-0.39, 0.29) is 12.1 Å². The standard InChI is InChI=1S/C20H20N2O2/c1-23-16-10-8-15(9-11-16)21-20(19-7-4-12-24-19)18-13-14-5-2-3-6-17(14)22-18/h2-12,18,20-22H,13H2,1H3/t18-,20-/m0/s1. The van der Waals surface area contributed by atoms with Crippen molar-refractivity contribution in [2.24, 2.45) is 0 Å². The number of hydrogen-bond acceptors (Lipinski definition) is 4. The quantitative estimate of drug-likeness (QED) is 0.728. The normalized spacial score (nSPS) is 17.0. The molecule has 4 nitrogen and oxygen atoms in total. The lowest BCUT2D eigenvalue weighted by molar-refractivity contribution is 0.415. The van der Waals surface area contributed by atoms with Crippen molar-refractivity contribution in [1.82, 2.24) is 0 Å². The molecule has 2 heterocycles. The molecule has 0 bridgehead atoms. The van der Waals surface area contributed by atoms with Gasteiger partial charge in [-0.15, -0.1) is 0 Å². The molecule has 0 aliphatic carbocycles. The van der Waals surface area contributed by atoms with Crippen molar-refractivity contribution in [3.05, 3.63) is 78.3 Å². The maximum absolute atomic E-state index is 5.70. The number of hydrogen-bond donors (Lipinski definition) is 2. The van der Waals surface area contributed by atoms with Gasteiger partial charge in [-0.05, 0) is 54.4 Å². The van der Waals surface area contributed by atoms with Gasteiger partial charge in [0, 0.05) is 11.4 Å². The van der Waals surface area contributed by atoms with E-state index >= 15 is 0 Å². The average Bonchev–Trinajstić information content (AvgIpc) is 3.29. The van der Waals surface area contributed by atoms with E-state index in [1.54, 1.807) is 13.4 Å². The summed E-state index contributed by atoms with van der Waals surface area (Å²) in [7, 11) is 1.67. The number of ether oxygens (including phenoxy) is 1. The number of para-hydroxylation sites is 1. The fraction of sp³-hybridized carbons (Fsp3) is 0.200. The highest BCUT2D eigenvalue weighted by atomic mass is 16.5. The Morgan fingerprint density at radius 1 is 1.08 bits per heavy atom. The van der Waals surface area contributed by atoms with Gasteiger partial charge in [0.15, 0.2) is 0 Å². The van der Waals surface area contributed by atoms with E-state index in [1.807, 2.05) is 36.4 Å². The van der Waals surface area contributed by atoms with Gasteiger partial charge in [-0.25, -0.2) is 0 Å². The van der Waals surface area contributed by atoms with Crippen molar-refractivity contribution in [1.29, 1.82) is 0 Å². The first-order chi connectivity index (χ1) is 11.8. The first-order valence-electron chi connectivity index (χ1n) is 8.12. The molecule has 0 saturated carbocycles. The molecular formula is C20H20N2O2. The van der Waals surface area contributed by atoms with Crippen LogP contribution in [-0.2, 0) is 6.42 Å². The van der Waals surface area contributed by atoms with Gasteiger partial charge in [0.1, 0.15) is 17.6 Å². The zero-order valence-electron chi connectivity index (χ0n) is 13.5. The molecule has 3 aromatic rings. The molecule has 1 aliphatic rings. The van der Waals surface area contributed by atoms with Gasteiger partial charge in [0.2, 0.25) is 0 Å². The molecule has 1 aromatic heterocycles. The first kappa shape index (κ1) is 14.7. The Hall–Kier alpha value is -2.88. The van der Waals surface area contributed by atoms with Gasteiger partial charge in [0.05, 0.1) is 19.4 Å². The molecule has 2 N–H and O–H groups in total. The second-order valence-electron chi connectivity index (χ2n) is 5.98. The second kappa shape index (κ2) is 6.32. The van der Waals surface area contributed by atoms with Crippen LogP contribution in [0.5, 0.6) is 5.75 Å². The maximum atomic E-state index is 5.70. The topological polar surface area (TPSA) is 46.4 Å². The summed E-state index contributed by atoms with van der Waals surface area (Å²) in [5.41, 5.74) is 3.58. The number of methoxy groups -OCH3 is 1. The molecule has 2 atom stereocenters. The molecule has 0 unspecified atom stereocenters. The molecule has 1 aliphatic heterocycles. The van der Waals surface area contributed by atoms with Gasteiger partial charge in [-0.2, -0.15) is 0 Å². The number of benzene rings is 2. The molecule has 0 radical (unpaired) electrons. The predicted molar refractivity (Wildman–Crippen MR) is 95.6 cm³/mol. The van der Waals surface area contributed by atoms with Crippen LogP contribution >= 0.6 is 0 Å². The van der Waals surface area contributed by atoms with Crippen LogP contribution in [0.1, 0.15) is 17.4 Å². The van der Waals surface area contributed by atoms with E-state index < -0.39 is 0 Å². The number of nitrogens with one attached hydrogen (secondary N) is 2. The van der Waals surface area contributed by atoms with Crippen molar-refractivity contribution in [3.8, 4) is 5.75 Å². The highest BCUT2D eigenvalue weighted by molar-refractivity contribution is 5.58. The Kier molecular flexibility index (Phi) is 3.87. The molecule has 0 amide bonds. The largest absolute Gasteiger partial charge is 0.497 e. The summed E-state index contributed by atoms with van der Waals surface area (Å²) in [4.78, 5) is 0. The summed E-state index contributed by atoms with van der Waals surface area (Å²) in [5, 5.41) is 7.22. The molecular weight excluding hydrogens is 300 g/mol. The van der Waals surface area contributed by atoms with Crippen molar-refractivity contribution in [2.75, 3.05) is 17.7 Å². The lowest BCUT2D eigenvalue weighted by atomic mass is 10.0. The van der Waals surface area contributed by atoms with Gasteiger partial charge in [-0.1, -0.05) is 18.2 Å². The fourth-order valence-electron chi connectivity index (χ4n) is 3.23. The van der Waals surface area contributed by atoms with Crippen LogP contribution in [0.4, 0.5) is 11.4 Å². The van der Waals surface area contributed by atoms with Crippen LogP contribution in [0.3, 0.4) is 0 Å². The van der Waals surface area contributed by atoms with Crippen molar-refractivity contribution >= 4 is 11.4 Å². The third-order valence-corrected chi connectivity index (χ3v) is 4.46. The summed E-state index contributed by atoms with van der Waals surface area (Å²) < 4.78 is 10.9. The van der Waals surface area contributed by atoms with Crippen molar-refractivity contribution in [2.45, 2.75) is 18.5 Å². The van der Waals surface area contributed by atoms with E-state index in [9.17, 15) is 0 Å². The monoisotopic (exact) mass is 320 g/mol. The number of furan rings is 1. The summed E-state index contributed by atoms with van der Waals surface area (Å²) in [6, 6.07) is 20.6. The second-order valence-corrected chi connectivity index (χ2v) is 5.98. The third-order valence-electron chi connectivity index (χ3n) is 4.46. The van der Waals surface area contributed by atoms with Crippen molar-refractivity contribution < 1.29 is 9.15 Å². The smallest absolute Gasteiger partial charge is 0.128 e. The van der Waals surface area contributed by atoms with Crippen LogP contribution in [0, 0.1) is 0 Å². The summed E-state index contributed by atoms with van der Waals surface area (Å²) >= 11 is 0. The lowest BCUT2D eigenvalue weighted by Crippen LogP contribution is -2.30. The van der Waals surface area contributed by atoms with E-state index in [2.05, 4.69) is 34.9 Å². The Bertz CT molecular complexity index is 772. The first-order valence-corrected chi connectivity index (χ1v) is 8.12. The Morgan fingerprint density at radius 2 is 1.92 bits per heavy atom. The van der Waals surface area contributed by atoms with E-state index in [4.69, 9.17) is 9.15 Å². The SMILES string of the molecule is COc1ccc(N[C@H](c2ccco2)[C@@H]2Cc3ccccc3N2)cc1. The Morgan fingerprint density at radius 3 is 2.62 bits per heavy atom. The Balaban J connectivity index is 1.59. The summed E-state index contributed by atoms with van der Waals surface area (Å²) in [6.45, 7) is 0. The highest BCUT2D eigenvalue weighted by Crippen LogP contribution is 2.34. The van der Waals surface area contributed by atoms with Gasteiger partial charge < -0.3 is 19.8 Å². The molecule has 2 aromatic carbocycles. The minimum Gasteiger partial charge on any atom is -0.497 e. The van der Waals surface area contributed by atoms with E-state index in [1.165, 1.54) is 11.3 Å². The van der Waals surface area contributed by atoms with Gasteiger partial charge in [0.25, 0.3) is 0 Å². The van der Waals surface area contributed by atoms with Crippen LogP contribution in [0.25, 0.3) is 0 Å². The molecule has 4 rings (SSSR count). The van der Waals surface area contributed by atoms with Gasteiger partial charge in [-0.3, -0.25) is 0 Å². The Labute approximate surface area is 141 Å². The summed E-state index contributed by atoms with van der Waals surface area (Å²) in [5.74, 6) is 1.78. The van der Waals surface area contributed by atoms with Gasteiger partial charge >= 0.3 is 0 Å². The molecule has 0 spiro atoms. The minimum absolute atomic E-state index is 0.0424. The lowest BCUT2D eigenvalue weighted by Gasteiger charge is -2.25. The van der Waals surface area contributed by atoms with E-state index in [0.717, 1.165) is 23.6 Å². The van der Waals surface area contributed by atoms with E-state index in [0.29, 0.717) is 0 Å². The number of anilines is 2. The molecule has 122 valence electrons. The fourth-order valence-corrected chi connectivity index (χ4v) is 3.23. The molecule has 0 fully saturated rings. The maximum Gasteiger partial charge on any atom is 0.128 e. The highest BCUT2D eigenvalue weighted by Gasteiger charge is 2.30. The van der Waals surface area contributed by atoms with Crippen molar-refractivity contribution in [3.63, 3.8) is 0 Å².